The Kier molecular flexibility index (Phi) is 8.29. The van der Waals surface area contributed by atoms with E-state index in [0.717, 1.165) is 19.3 Å². The number of ether oxygens (including phenoxy) is 1. The number of unbranched alkanes of at least 4 members (excludes halogenated alkanes) is 2. The molecule has 0 radical (unpaired) electrons. The fourth-order valence-electron chi connectivity index (χ4n) is 1.44. The van der Waals surface area contributed by atoms with Gasteiger partial charge in [0.05, 0.1) is 0 Å². The Hall–Kier alpha value is -1.69. The summed E-state index contributed by atoms with van der Waals surface area (Å²) in [6, 6.07) is 1.75. The van der Waals surface area contributed by atoms with Crippen LogP contribution < -0.4 is 10.6 Å². The van der Waals surface area contributed by atoms with Gasteiger partial charge in [0.1, 0.15) is 6.61 Å². The molecule has 6 heteroatoms. The number of hydrogen-bond donors (Lipinski definition) is 2. The molecule has 0 bridgehead atoms. The number of rotatable bonds is 10. The number of carbonyl (C=O) groups excluding carboxylic acids is 1. The minimum absolute atomic E-state index is 0.0905. The molecule has 1 amide bonds. The SMILES string of the molecule is CCCCCOCC(=O)NCCNc1ncccn1. The largest absolute Gasteiger partial charge is 0.372 e. The van der Waals surface area contributed by atoms with Crippen molar-refractivity contribution in [1.82, 2.24) is 15.3 Å². The first kappa shape index (κ1) is 15.4. The molecule has 0 aromatic carbocycles. The van der Waals surface area contributed by atoms with Gasteiger partial charge in [-0.15, -0.1) is 0 Å². The fraction of sp³-hybridized carbons (Fsp3) is 0.615. The summed E-state index contributed by atoms with van der Waals surface area (Å²) < 4.78 is 5.26. The number of nitrogens with one attached hydrogen (secondary N) is 2. The van der Waals surface area contributed by atoms with E-state index in [1.54, 1.807) is 18.5 Å². The number of nitrogens with zero attached hydrogens (tertiary/aromatic N) is 2. The zero-order valence-electron chi connectivity index (χ0n) is 11.4. The smallest absolute Gasteiger partial charge is 0.246 e. The van der Waals surface area contributed by atoms with Crippen LogP contribution in [-0.2, 0) is 9.53 Å². The van der Waals surface area contributed by atoms with Crippen LogP contribution >= 0.6 is 0 Å². The van der Waals surface area contributed by atoms with E-state index in [-0.39, 0.29) is 12.5 Å². The quantitative estimate of drug-likeness (QED) is 0.623. The van der Waals surface area contributed by atoms with Crippen LogP contribution in [0.15, 0.2) is 18.5 Å². The van der Waals surface area contributed by atoms with Gasteiger partial charge in [-0.25, -0.2) is 9.97 Å². The molecule has 0 unspecified atom stereocenters. The van der Waals surface area contributed by atoms with Crippen molar-refractivity contribution in [2.75, 3.05) is 31.6 Å². The van der Waals surface area contributed by atoms with E-state index in [9.17, 15) is 4.79 Å². The van der Waals surface area contributed by atoms with Gasteiger partial charge in [0.2, 0.25) is 11.9 Å². The first-order valence-corrected chi connectivity index (χ1v) is 6.68. The van der Waals surface area contributed by atoms with E-state index in [2.05, 4.69) is 27.5 Å². The predicted molar refractivity (Wildman–Crippen MR) is 73.9 cm³/mol. The average molecular weight is 266 g/mol. The van der Waals surface area contributed by atoms with E-state index in [0.29, 0.717) is 25.6 Å². The normalized spacial score (nSPS) is 10.2. The highest BCUT2D eigenvalue weighted by Gasteiger charge is 2.00. The summed E-state index contributed by atoms with van der Waals surface area (Å²) in [4.78, 5) is 19.4. The summed E-state index contributed by atoms with van der Waals surface area (Å²) in [6.07, 6.45) is 6.64. The monoisotopic (exact) mass is 266 g/mol. The predicted octanol–water partition coefficient (Wildman–Crippen LogP) is 1.21. The van der Waals surface area contributed by atoms with Crippen molar-refractivity contribution in [1.29, 1.82) is 0 Å². The van der Waals surface area contributed by atoms with Crippen LogP contribution in [0.1, 0.15) is 26.2 Å². The van der Waals surface area contributed by atoms with Gasteiger partial charge in [0.25, 0.3) is 0 Å². The molecule has 2 N–H and O–H groups in total. The van der Waals surface area contributed by atoms with Crippen LogP contribution in [0.2, 0.25) is 0 Å². The van der Waals surface area contributed by atoms with Crippen LogP contribution in [0, 0.1) is 0 Å². The molecule has 19 heavy (non-hydrogen) atoms. The molecule has 1 aromatic rings. The first-order chi connectivity index (χ1) is 9.33. The Labute approximate surface area is 114 Å². The molecule has 0 spiro atoms. The summed E-state index contributed by atoms with van der Waals surface area (Å²) in [5, 5.41) is 5.77. The number of amides is 1. The lowest BCUT2D eigenvalue weighted by Gasteiger charge is -2.07. The molecule has 0 aliphatic heterocycles. The van der Waals surface area contributed by atoms with Crippen LogP contribution in [0.3, 0.4) is 0 Å². The van der Waals surface area contributed by atoms with Crippen molar-refractivity contribution in [2.45, 2.75) is 26.2 Å². The second-order valence-corrected chi connectivity index (χ2v) is 4.11. The maximum Gasteiger partial charge on any atom is 0.246 e. The number of carbonyl (C=O) groups is 1. The van der Waals surface area contributed by atoms with E-state index in [4.69, 9.17) is 4.74 Å². The number of aromatic nitrogens is 2. The van der Waals surface area contributed by atoms with Gasteiger partial charge >= 0.3 is 0 Å². The fourth-order valence-corrected chi connectivity index (χ4v) is 1.44. The third-order valence-electron chi connectivity index (χ3n) is 2.42. The van der Waals surface area contributed by atoms with Crippen molar-refractivity contribution >= 4 is 11.9 Å². The van der Waals surface area contributed by atoms with E-state index < -0.39 is 0 Å². The van der Waals surface area contributed by atoms with Gasteiger partial charge in [0.15, 0.2) is 0 Å². The zero-order chi connectivity index (χ0) is 13.8. The topological polar surface area (TPSA) is 76.1 Å². The molecule has 106 valence electrons. The lowest BCUT2D eigenvalue weighted by Crippen LogP contribution is -2.32. The van der Waals surface area contributed by atoms with E-state index in [1.165, 1.54) is 0 Å². The van der Waals surface area contributed by atoms with E-state index in [1.807, 2.05) is 0 Å². The highest BCUT2D eigenvalue weighted by atomic mass is 16.5. The molecule has 0 fully saturated rings. The third-order valence-corrected chi connectivity index (χ3v) is 2.42. The van der Waals surface area contributed by atoms with Crippen molar-refractivity contribution in [2.24, 2.45) is 0 Å². The highest BCUT2D eigenvalue weighted by molar-refractivity contribution is 5.77. The van der Waals surface area contributed by atoms with Crippen LogP contribution in [-0.4, -0.2) is 42.2 Å². The van der Waals surface area contributed by atoms with E-state index >= 15 is 0 Å². The Balaban J connectivity index is 1.95. The standard InChI is InChI=1S/C13H22N4O2/c1-2-3-4-10-19-11-12(18)14-8-9-17-13-15-6-5-7-16-13/h5-7H,2-4,8-11H2,1H3,(H,14,18)(H,15,16,17). The molecule has 0 saturated heterocycles. The maximum atomic E-state index is 11.4. The molecule has 1 aromatic heterocycles. The minimum atomic E-state index is -0.0905. The molecule has 0 aliphatic carbocycles. The van der Waals surface area contributed by atoms with Crippen molar-refractivity contribution in [3.05, 3.63) is 18.5 Å². The molecular weight excluding hydrogens is 244 g/mol. The third kappa shape index (κ3) is 8.10. The summed E-state index contributed by atoms with van der Waals surface area (Å²) >= 11 is 0. The summed E-state index contributed by atoms with van der Waals surface area (Å²) in [5.74, 6) is 0.472. The lowest BCUT2D eigenvalue weighted by molar-refractivity contribution is -0.125. The second kappa shape index (κ2) is 10.3. The molecule has 0 atom stereocenters. The Morgan fingerprint density at radius 2 is 2.05 bits per heavy atom. The highest BCUT2D eigenvalue weighted by Crippen LogP contribution is 1.94. The van der Waals surface area contributed by atoms with Crippen LogP contribution in [0.4, 0.5) is 5.95 Å². The lowest BCUT2D eigenvalue weighted by atomic mass is 10.3. The number of hydrogen-bond acceptors (Lipinski definition) is 5. The second-order valence-electron chi connectivity index (χ2n) is 4.11. The average Bonchev–Trinajstić information content (AvgIpc) is 2.44. The summed E-state index contributed by atoms with van der Waals surface area (Å²) in [6.45, 7) is 4.03. The summed E-state index contributed by atoms with van der Waals surface area (Å²) in [7, 11) is 0. The Morgan fingerprint density at radius 3 is 2.79 bits per heavy atom. The molecule has 1 rings (SSSR count). The van der Waals surface area contributed by atoms with Crippen molar-refractivity contribution in [3.63, 3.8) is 0 Å². The van der Waals surface area contributed by atoms with Gasteiger partial charge < -0.3 is 15.4 Å². The molecule has 1 heterocycles. The molecule has 0 aliphatic rings. The maximum absolute atomic E-state index is 11.4. The van der Waals surface area contributed by atoms with Crippen LogP contribution in [0.25, 0.3) is 0 Å². The first-order valence-electron chi connectivity index (χ1n) is 6.68. The molecule has 0 saturated carbocycles. The Morgan fingerprint density at radius 1 is 1.26 bits per heavy atom. The van der Waals surface area contributed by atoms with Gasteiger partial charge in [-0.2, -0.15) is 0 Å². The minimum Gasteiger partial charge on any atom is -0.372 e. The Bertz CT molecular complexity index is 346. The van der Waals surface area contributed by atoms with Crippen molar-refractivity contribution < 1.29 is 9.53 Å². The van der Waals surface area contributed by atoms with Crippen LogP contribution in [0.5, 0.6) is 0 Å². The van der Waals surface area contributed by atoms with Gasteiger partial charge in [-0.3, -0.25) is 4.79 Å². The van der Waals surface area contributed by atoms with Crippen molar-refractivity contribution in [3.8, 4) is 0 Å². The molecular formula is C13H22N4O2. The molecule has 6 nitrogen and oxygen atoms in total. The van der Waals surface area contributed by atoms with Gasteiger partial charge in [-0.1, -0.05) is 19.8 Å². The summed E-state index contributed by atoms with van der Waals surface area (Å²) in [5.41, 5.74) is 0. The van der Waals surface area contributed by atoms with Gasteiger partial charge in [0, 0.05) is 32.1 Å². The zero-order valence-corrected chi connectivity index (χ0v) is 11.4. The van der Waals surface area contributed by atoms with Gasteiger partial charge in [-0.05, 0) is 12.5 Å². The number of anilines is 1.